The van der Waals surface area contributed by atoms with Gasteiger partial charge in [0.05, 0.1) is 5.69 Å². The summed E-state index contributed by atoms with van der Waals surface area (Å²) in [4.78, 5) is 36.3. The zero-order chi connectivity index (χ0) is 18.5. The van der Waals surface area contributed by atoms with Gasteiger partial charge in [-0.05, 0) is 50.1 Å². The second-order valence-electron chi connectivity index (χ2n) is 6.13. The summed E-state index contributed by atoms with van der Waals surface area (Å²) in [5, 5.41) is 5.52. The molecule has 1 unspecified atom stereocenters. The number of rotatable bonds is 5. The lowest BCUT2D eigenvalue weighted by Crippen LogP contribution is -2.27. The Morgan fingerprint density at radius 1 is 1.04 bits per heavy atom. The lowest BCUT2D eigenvalue weighted by atomic mass is 10.1. The average molecular weight is 352 g/mol. The van der Waals surface area contributed by atoms with Crippen molar-refractivity contribution in [1.82, 2.24) is 0 Å². The van der Waals surface area contributed by atoms with Gasteiger partial charge in [-0.3, -0.25) is 14.4 Å². The summed E-state index contributed by atoms with van der Waals surface area (Å²) in [5.41, 5.74) is 1.81. The molecule has 1 heterocycles. The number of hydrogen-bond acceptors (Lipinski definition) is 4. The fourth-order valence-corrected chi connectivity index (χ4v) is 2.84. The smallest absolute Gasteiger partial charge is 0.255 e. The van der Waals surface area contributed by atoms with E-state index in [4.69, 9.17) is 4.74 Å². The fraction of sp³-hybridized carbons (Fsp3) is 0.250. The highest BCUT2D eigenvalue weighted by Crippen LogP contribution is 2.19. The molecule has 0 spiro atoms. The Kier molecular flexibility index (Phi) is 5.43. The lowest BCUT2D eigenvalue weighted by molar-refractivity contribution is -0.124. The van der Waals surface area contributed by atoms with Crippen LogP contribution in [-0.2, 0) is 9.53 Å². The Bertz CT molecular complexity index is 841. The number of amides is 2. The van der Waals surface area contributed by atoms with Gasteiger partial charge in [-0.1, -0.05) is 18.2 Å². The Hall–Kier alpha value is -2.99. The molecule has 2 aromatic carbocycles. The molecule has 1 atom stereocenters. The van der Waals surface area contributed by atoms with Gasteiger partial charge in [-0.15, -0.1) is 0 Å². The number of ketones is 1. The zero-order valence-electron chi connectivity index (χ0n) is 14.5. The van der Waals surface area contributed by atoms with E-state index in [1.54, 1.807) is 48.5 Å². The van der Waals surface area contributed by atoms with Crippen molar-refractivity contribution in [2.75, 3.05) is 17.2 Å². The van der Waals surface area contributed by atoms with Crippen LogP contribution >= 0.6 is 0 Å². The molecule has 2 aromatic rings. The molecule has 134 valence electrons. The van der Waals surface area contributed by atoms with Gasteiger partial charge in [0.15, 0.2) is 5.78 Å². The van der Waals surface area contributed by atoms with Crippen LogP contribution in [0.3, 0.4) is 0 Å². The van der Waals surface area contributed by atoms with Crippen molar-refractivity contribution in [3.63, 3.8) is 0 Å². The van der Waals surface area contributed by atoms with Gasteiger partial charge in [-0.2, -0.15) is 0 Å². The highest BCUT2D eigenvalue weighted by molar-refractivity contribution is 6.09. The van der Waals surface area contributed by atoms with Gasteiger partial charge in [0.2, 0.25) is 0 Å². The highest BCUT2D eigenvalue weighted by Gasteiger charge is 2.23. The maximum Gasteiger partial charge on any atom is 0.255 e. The molecule has 26 heavy (non-hydrogen) atoms. The number of ether oxygens (including phenoxy) is 1. The van der Waals surface area contributed by atoms with Crippen LogP contribution in [0.1, 0.15) is 40.5 Å². The number of anilines is 2. The van der Waals surface area contributed by atoms with Gasteiger partial charge in [0.1, 0.15) is 6.10 Å². The predicted octanol–water partition coefficient (Wildman–Crippen LogP) is 3.26. The number of hydrogen-bond donors (Lipinski definition) is 2. The molecule has 1 aliphatic rings. The number of carbonyl (C=O) groups excluding carboxylic acids is 3. The van der Waals surface area contributed by atoms with Crippen molar-refractivity contribution in [3.05, 3.63) is 59.7 Å². The number of nitrogens with one attached hydrogen (secondary N) is 2. The van der Waals surface area contributed by atoms with E-state index in [2.05, 4.69) is 10.6 Å². The molecular weight excluding hydrogens is 332 g/mol. The van der Waals surface area contributed by atoms with Crippen molar-refractivity contribution in [2.45, 2.75) is 25.9 Å². The molecule has 2 amide bonds. The molecule has 0 bridgehead atoms. The number of benzene rings is 2. The molecule has 6 heteroatoms. The van der Waals surface area contributed by atoms with E-state index in [1.807, 2.05) is 0 Å². The van der Waals surface area contributed by atoms with E-state index in [-0.39, 0.29) is 17.6 Å². The van der Waals surface area contributed by atoms with Crippen molar-refractivity contribution in [1.29, 1.82) is 0 Å². The average Bonchev–Trinajstić information content (AvgIpc) is 3.17. The molecule has 0 saturated carbocycles. The van der Waals surface area contributed by atoms with Gasteiger partial charge >= 0.3 is 0 Å². The van der Waals surface area contributed by atoms with Crippen molar-refractivity contribution in [3.8, 4) is 0 Å². The maximum atomic E-state index is 12.5. The third kappa shape index (κ3) is 4.15. The quantitative estimate of drug-likeness (QED) is 0.809. The van der Waals surface area contributed by atoms with Crippen LogP contribution < -0.4 is 10.6 Å². The van der Waals surface area contributed by atoms with Gasteiger partial charge in [0, 0.05) is 23.4 Å². The minimum absolute atomic E-state index is 0.126. The Labute approximate surface area is 151 Å². The molecule has 3 rings (SSSR count). The summed E-state index contributed by atoms with van der Waals surface area (Å²) >= 11 is 0. The molecule has 0 radical (unpaired) electrons. The first-order chi connectivity index (χ1) is 12.5. The van der Waals surface area contributed by atoms with E-state index < -0.39 is 6.10 Å². The molecule has 0 aromatic heterocycles. The van der Waals surface area contributed by atoms with Crippen LogP contribution in [0.15, 0.2) is 48.5 Å². The molecule has 0 aliphatic carbocycles. The monoisotopic (exact) mass is 352 g/mol. The Morgan fingerprint density at radius 3 is 2.58 bits per heavy atom. The Balaban J connectivity index is 1.72. The van der Waals surface area contributed by atoms with Crippen LogP contribution in [0.4, 0.5) is 11.4 Å². The maximum absolute atomic E-state index is 12.5. The first-order valence-electron chi connectivity index (χ1n) is 8.48. The normalized spacial score (nSPS) is 16.1. The molecule has 1 saturated heterocycles. The van der Waals surface area contributed by atoms with Crippen LogP contribution in [0.25, 0.3) is 0 Å². The summed E-state index contributed by atoms with van der Waals surface area (Å²) in [6.45, 7) is 2.04. The highest BCUT2D eigenvalue weighted by atomic mass is 16.5. The SMILES string of the molecule is CC(=O)c1ccccc1NC(=O)c1cccc(NC(=O)C2CCCO2)c1. The zero-order valence-corrected chi connectivity index (χ0v) is 14.5. The van der Waals surface area contributed by atoms with Crippen LogP contribution in [-0.4, -0.2) is 30.3 Å². The summed E-state index contributed by atoms with van der Waals surface area (Å²) in [7, 11) is 0. The van der Waals surface area contributed by atoms with Gasteiger partial charge in [-0.25, -0.2) is 0 Å². The van der Waals surface area contributed by atoms with Crippen LogP contribution in [0, 0.1) is 0 Å². The minimum atomic E-state index is -0.435. The molecule has 6 nitrogen and oxygen atoms in total. The largest absolute Gasteiger partial charge is 0.368 e. The Morgan fingerprint density at radius 2 is 1.85 bits per heavy atom. The number of para-hydroxylation sites is 1. The van der Waals surface area contributed by atoms with E-state index in [9.17, 15) is 14.4 Å². The number of Topliss-reactive ketones (excluding diaryl/α,β-unsaturated/α-hetero) is 1. The number of carbonyl (C=O) groups is 3. The third-order valence-electron chi connectivity index (χ3n) is 4.17. The minimum Gasteiger partial charge on any atom is -0.368 e. The summed E-state index contributed by atoms with van der Waals surface area (Å²) in [6, 6.07) is 13.5. The van der Waals surface area contributed by atoms with Crippen LogP contribution in [0.2, 0.25) is 0 Å². The standard InChI is InChI=1S/C20H20N2O4/c1-13(23)16-8-2-3-9-17(16)22-19(24)14-6-4-7-15(12-14)21-20(25)18-10-5-11-26-18/h2-4,6-9,12,18H,5,10-11H2,1H3,(H,21,25)(H,22,24). The second-order valence-corrected chi connectivity index (χ2v) is 6.13. The molecule has 1 aliphatic heterocycles. The first-order valence-corrected chi connectivity index (χ1v) is 8.48. The summed E-state index contributed by atoms with van der Waals surface area (Å²) < 4.78 is 5.36. The fourth-order valence-electron chi connectivity index (χ4n) is 2.84. The summed E-state index contributed by atoms with van der Waals surface area (Å²) in [6.07, 6.45) is 1.14. The molecule has 1 fully saturated rings. The molecular formula is C20H20N2O4. The van der Waals surface area contributed by atoms with Crippen molar-refractivity contribution >= 4 is 29.0 Å². The first kappa shape index (κ1) is 17.8. The van der Waals surface area contributed by atoms with Crippen LogP contribution in [0.5, 0.6) is 0 Å². The van der Waals surface area contributed by atoms with E-state index >= 15 is 0 Å². The topological polar surface area (TPSA) is 84.5 Å². The summed E-state index contributed by atoms with van der Waals surface area (Å²) in [5.74, 6) is -0.688. The van der Waals surface area contributed by atoms with Crippen molar-refractivity contribution in [2.24, 2.45) is 0 Å². The lowest BCUT2D eigenvalue weighted by Gasteiger charge is -2.12. The van der Waals surface area contributed by atoms with E-state index in [0.717, 1.165) is 6.42 Å². The van der Waals surface area contributed by atoms with Gasteiger partial charge in [0.25, 0.3) is 11.8 Å². The predicted molar refractivity (Wildman–Crippen MR) is 98.4 cm³/mol. The van der Waals surface area contributed by atoms with E-state index in [1.165, 1.54) is 6.92 Å². The second kappa shape index (κ2) is 7.93. The van der Waals surface area contributed by atoms with Crippen molar-refractivity contribution < 1.29 is 19.1 Å². The van der Waals surface area contributed by atoms with E-state index in [0.29, 0.717) is 35.5 Å². The van der Waals surface area contributed by atoms with Gasteiger partial charge < -0.3 is 15.4 Å². The third-order valence-corrected chi connectivity index (χ3v) is 4.17. The molecule has 2 N–H and O–H groups in total.